The van der Waals surface area contributed by atoms with E-state index in [-0.39, 0.29) is 12.5 Å². The Labute approximate surface area is 197 Å². The second-order valence-corrected chi connectivity index (χ2v) is 8.16. The van der Waals surface area contributed by atoms with Crippen molar-refractivity contribution < 1.29 is 18.0 Å². The predicted octanol–water partition coefficient (Wildman–Crippen LogP) is 2.48. The minimum Gasteiger partial charge on any atom is -0.337 e. The van der Waals surface area contributed by atoms with Gasteiger partial charge in [-0.3, -0.25) is 14.5 Å². The molecule has 2 aromatic rings. The molecule has 1 unspecified atom stereocenters. The van der Waals surface area contributed by atoms with Crippen molar-refractivity contribution in [3.8, 4) is 0 Å². The Bertz CT molecular complexity index is 1100. The maximum atomic E-state index is 13.2. The smallest absolute Gasteiger partial charge is 0.337 e. The van der Waals surface area contributed by atoms with Crippen molar-refractivity contribution >= 4 is 32.8 Å². The molecule has 13 heteroatoms. The Morgan fingerprint density at radius 2 is 1.97 bits per heavy atom. The highest BCUT2D eigenvalue weighted by atomic mass is 31.0. The second-order valence-electron chi connectivity index (χ2n) is 7.91. The van der Waals surface area contributed by atoms with E-state index in [1.807, 2.05) is 0 Å². The fraction of sp³-hybridized carbons (Fsp3) is 0.429. The molecule has 0 spiro atoms. The lowest BCUT2D eigenvalue weighted by Gasteiger charge is -2.34. The molecule has 0 aliphatic carbocycles. The van der Waals surface area contributed by atoms with E-state index in [0.717, 1.165) is 12.1 Å². The number of nitrogens with zero attached hydrogens (tertiary/aromatic N) is 7. The van der Waals surface area contributed by atoms with Crippen LogP contribution in [0.25, 0.3) is 6.08 Å². The van der Waals surface area contributed by atoms with Gasteiger partial charge in [0.1, 0.15) is 0 Å². The molecule has 182 valence electrons. The summed E-state index contributed by atoms with van der Waals surface area (Å²) in [4.78, 5) is 17.7. The van der Waals surface area contributed by atoms with Gasteiger partial charge in [0.05, 0.1) is 23.5 Å². The predicted molar refractivity (Wildman–Crippen MR) is 126 cm³/mol. The number of piperazine rings is 1. The van der Waals surface area contributed by atoms with Gasteiger partial charge < -0.3 is 10.3 Å². The molecule has 9 nitrogen and oxygen atoms in total. The van der Waals surface area contributed by atoms with E-state index in [1.54, 1.807) is 18.7 Å². The van der Waals surface area contributed by atoms with Gasteiger partial charge in [0, 0.05) is 38.8 Å². The van der Waals surface area contributed by atoms with Crippen molar-refractivity contribution in [2.45, 2.75) is 26.6 Å². The number of halogens is 3. The first-order valence-corrected chi connectivity index (χ1v) is 11.0. The Balaban J connectivity index is 1.68. The summed E-state index contributed by atoms with van der Waals surface area (Å²) < 4.78 is 43.6. The van der Waals surface area contributed by atoms with Gasteiger partial charge in [-0.1, -0.05) is 6.07 Å². The number of benzene rings is 1. The average Bonchev–Trinajstić information content (AvgIpc) is 3.21. The molecule has 1 N–H and O–H groups in total. The summed E-state index contributed by atoms with van der Waals surface area (Å²) >= 11 is 0. The van der Waals surface area contributed by atoms with Gasteiger partial charge in [-0.25, -0.2) is 0 Å². The van der Waals surface area contributed by atoms with Crippen LogP contribution in [0.2, 0.25) is 0 Å². The first-order valence-electron chi connectivity index (χ1n) is 10.5. The molecule has 1 aromatic carbocycles. The Kier molecular flexibility index (Phi) is 8.27. The molecule has 1 saturated heterocycles. The fourth-order valence-electron chi connectivity index (χ4n) is 3.43. The lowest BCUT2D eigenvalue weighted by atomic mass is 10.0. The molecule has 3 rings (SSSR count). The van der Waals surface area contributed by atoms with Crippen LogP contribution in [0.4, 0.5) is 13.2 Å². The maximum Gasteiger partial charge on any atom is 0.416 e. The van der Waals surface area contributed by atoms with Gasteiger partial charge in [0.25, 0.3) is 0 Å². The third-order valence-electron chi connectivity index (χ3n) is 5.44. The Morgan fingerprint density at radius 1 is 1.26 bits per heavy atom. The van der Waals surface area contributed by atoms with Crippen molar-refractivity contribution in [2.24, 2.45) is 4.76 Å². The number of aromatic nitrogens is 4. The van der Waals surface area contributed by atoms with E-state index < -0.39 is 11.7 Å². The van der Waals surface area contributed by atoms with Crippen molar-refractivity contribution in [2.75, 3.05) is 32.7 Å². The van der Waals surface area contributed by atoms with E-state index in [0.29, 0.717) is 61.1 Å². The second kappa shape index (κ2) is 11.0. The van der Waals surface area contributed by atoms with Crippen molar-refractivity contribution in [3.05, 3.63) is 46.8 Å². The summed E-state index contributed by atoms with van der Waals surface area (Å²) in [6.07, 6.45) is -1.60. The van der Waals surface area contributed by atoms with Crippen LogP contribution in [0.1, 0.15) is 29.4 Å². The molecule has 1 aromatic heterocycles. The summed E-state index contributed by atoms with van der Waals surface area (Å²) in [6, 6.07) is 3.36. The highest BCUT2D eigenvalue weighted by Gasteiger charge is 2.31. The molecule has 1 aliphatic rings. The normalized spacial score (nSPS) is 15.8. The van der Waals surface area contributed by atoms with Crippen LogP contribution >= 0.6 is 9.39 Å². The topological polar surface area (TPSA) is 103 Å². The first-order chi connectivity index (χ1) is 16.1. The first kappa shape index (κ1) is 25.6. The van der Waals surface area contributed by atoms with Crippen LogP contribution in [-0.2, 0) is 17.5 Å². The summed E-state index contributed by atoms with van der Waals surface area (Å²) in [5.41, 5.74) is 1.09. The van der Waals surface area contributed by atoms with Crippen LogP contribution in [0, 0.1) is 12.3 Å². The minimum absolute atomic E-state index is 0.0117. The van der Waals surface area contributed by atoms with Crippen LogP contribution in [0.15, 0.2) is 29.0 Å². The number of nitrogens with one attached hydrogen (secondary N) is 1. The monoisotopic (exact) mass is 494 g/mol. The van der Waals surface area contributed by atoms with Crippen molar-refractivity contribution in [1.29, 1.82) is 5.41 Å². The third-order valence-corrected chi connectivity index (χ3v) is 5.82. The number of aryl methyl sites for hydroxylation is 1. The van der Waals surface area contributed by atoms with E-state index in [2.05, 4.69) is 34.5 Å². The zero-order chi connectivity index (χ0) is 24.9. The van der Waals surface area contributed by atoms with E-state index in [9.17, 15) is 18.0 Å². The molecule has 0 radical (unpaired) electrons. The van der Waals surface area contributed by atoms with Gasteiger partial charge in [0.15, 0.2) is 5.82 Å². The lowest BCUT2D eigenvalue weighted by molar-refractivity contribution is -0.137. The van der Waals surface area contributed by atoms with Crippen molar-refractivity contribution in [3.63, 3.8) is 0 Å². The molecular formula is C21H26F3N8OP. The standard InChI is InChI=1S/C21H26F3N8OP/c1-14(28-34)19(25)13-30-7-9-31(10-8-30)20(33)6-4-16-3-5-18(21(22,23)24)11-17(16)12-32-27-15(2)26-29-32/h3-6,11,25H,7-10,12-13,34H2,1-2H3/b6-4+,25-19?,28-14-. The number of carbonyl (C=O) groups is 1. The van der Waals surface area contributed by atoms with Gasteiger partial charge >= 0.3 is 6.18 Å². The molecular weight excluding hydrogens is 468 g/mol. The van der Waals surface area contributed by atoms with Crippen LogP contribution in [-0.4, -0.2) is 80.1 Å². The summed E-state index contributed by atoms with van der Waals surface area (Å²) in [5, 5.41) is 19.6. The van der Waals surface area contributed by atoms with E-state index in [1.165, 1.54) is 23.0 Å². The molecule has 0 saturated carbocycles. The molecule has 1 amide bonds. The largest absolute Gasteiger partial charge is 0.416 e. The van der Waals surface area contributed by atoms with Gasteiger partial charge in [0.2, 0.25) is 5.91 Å². The molecule has 2 heterocycles. The highest BCUT2D eigenvalue weighted by molar-refractivity contribution is 7.15. The number of amides is 1. The number of rotatable bonds is 7. The maximum absolute atomic E-state index is 13.2. The van der Waals surface area contributed by atoms with Crippen LogP contribution < -0.4 is 0 Å². The third kappa shape index (κ3) is 6.77. The molecule has 1 fully saturated rings. The summed E-state index contributed by atoms with van der Waals surface area (Å²) in [7, 11) is 2.24. The Hall–Kier alpha value is -2.98. The minimum atomic E-state index is -4.49. The average molecular weight is 494 g/mol. The van der Waals surface area contributed by atoms with Gasteiger partial charge in [-0.2, -0.15) is 18.0 Å². The summed E-state index contributed by atoms with van der Waals surface area (Å²) in [5.74, 6) is 0.183. The molecule has 1 atom stereocenters. The van der Waals surface area contributed by atoms with Crippen LogP contribution in [0.3, 0.4) is 0 Å². The SMILES string of the molecule is C/C(=N/P)C(=N)CN1CCN(C(=O)/C=C/c2ccc(C(F)(F)F)cc2Cn2nnc(C)n2)CC1. The quantitative estimate of drug-likeness (QED) is 0.362. The Morgan fingerprint density at radius 3 is 2.56 bits per heavy atom. The number of alkyl halides is 3. The summed E-state index contributed by atoms with van der Waals surface area (Å²) in [6.45, 7) is 6.09. The fourth-order valence-corrected chi connectivity index (χ4v) is 3.59. The number of tetrazole rings is 1. The zero-order valence-corrected chi connectivity index (χ0v) is 20.0. The van der Waals surface area contributed by atoms with Gasteiger partial charge in [-0.05, 0) is 57.8 Å². The molecule has 1 aliphatic heterocycles. The highest BCUT2D eigenvalue weighted by Crippen LogP contribution is 2.31. The molecule has 34 heavy (non-hydrogen) atoms. The van der Waals surface area contributed by atoms with E-state index in [4.69, 9.17) is 5.41 Å². The number of hydrogen-bond acceptors (Lipinski definition) is 7. The molecule has 0 bridgehead atoms. The van der Waals surface area contributed by atoms with Gasteiger partial charge in [-0.15, -0.1) is 10.2 Å². The van der Waals surface area contributed by atoms with E-state index >= 15 is 0 Å². The van der Waals surface area contributed by atoms with Crippen molar-refractivity contribution in [1.82, 2.24) is 30.0 Å². The lowest BCUT2D eigenvalue weighted by Crippen LogP contribution is -2.49. The number of hydrogen-bond donors (Lipinski definition) is 1. The van der Waals surface area contributed by atoms with Crippen LogP contribution in [0.5, 0.6) is 0 Å². The zero-order valence-electron chi connectivity index (χ0n) is 18.9. The number of carbonyl (C=O) groups excluding carboxylic acids is 1.